The summed E-state index contributed by atoms with van der Waals surface area (Å²) in [5, 5.41) is 7.60. The average molecular weight is 436 g/mol. The molecule has 10 heteroatoms. The lowest BCUT2D eigenvalue weighted by Gasteiger charge is -2.15. The van der Waals surface area contributed by atoms with Crippen molar-refractivity contribution in [3.63, 3.8) is 0 Å². The molecule has 0 bridgehead atoms. The molecule has 0 spiro atoms. The lowest BCUT2D eigenvalue weighted by molar-refractivity contribution is 0.139. The summed E-state index contributed by atoms with van der Waals surface area (Å²) in [7, 11) is 1.89. The summed E-state index contributed by atoms with van der Waals surface area (Å²) in [5.41, 5.74) is 6.24. The fourth-order valence-corrected chi connectivity index (χ4v) is 4.44. The molecular formula is C21H21N7O2S. The average Bonchev–Trinajstić information content (AvgIpc) is 3.54. The van der Waals surface area contributed by atoms with Crippen LogP contribution in [0.25, 0.3) is 26.9 Å². The number of nitrogens with zero attached hydrogens (tertiary/aromatic N) is 6. The van der Waals surface area contributed by atoms with Crippen molar-refractivity contribution in [3.05, 3.63) is 48.4 Å². The van der Waals surface area contributed by atoms with Gasteiger partial charge in [-0.15, -0.1) is 11.3 Å². The van der Waals surface area contributed by atoms with Crippen LogP contribution in [0.2, 0.25) is 0 Å². The van der Waals surface area contributed by atoms with Gasteiger partial charge in [-0.25, -0.2) is 9.97 Å². The molecule has 9 nitrogen and oxygen atoms in total. The summed E-state index contributed by atoms with van der Waals surface area (Å²) in [5.74, 6) is 1.00. The molecule has 0 aliphatic carbocycles. The van der Waals surface area contributed by atoms with Crippen molar-refractivity contribution in [3.8, 4) is 11.6 Å². The van der Waals surface area contributed by atoms with Crippen LogP contribution in [0, 0.1) is 0 Å². The number of anilines is 2. The predicted molar refractivity (Wildman–Crippen MR) is 120 cm³/mol. The number of aromatic nitrogens is 6. The van der Waals surface area contributed by atoms with E-state index in [2.05, 4.69) is 15.4 Å². The fourth-order valence-electron chi connectivity index (χ4n) is 3.72. The number of hydrogen-bond donors (Lipinski definition) is 1. The van der Waals surface area contributed by atoms with E-state index in [1.54, 1.807) is 22.2 Å². The van der Waals surface area contributed by atoms with E-state index in [4.69, 9.17) is 19.4 Å². The maximum atomic E-state index is 6.28. The molecule has 6 rings (SSSR count). The van der Waals surface area contributed by atoms with Crippen molar-refractivity contribution in [1.82, 2.24) is 29.3 Å². The first-order valence-electron chi connectivity index (χ1n) is 9.96. The van der Waals surface area contributed by atoms with Gasteiger partial charge >= 0.3 is 0 Å². The number of fused-ring (bicyclic) bond motifs is 2. The molecule has 1 saturated heterocycles. The van der Waals surface area contributed by atoms with E-state index in [0.717, 1.165) is 39.0 Å². The summed E-state index contributed by atoms with van der Waals surface area (Å²) < 4.78 is 16.6. The van der Waals surface area contributed by atoms with E-state index >= 15 is 0 Å². The van der Waals surface area contributed by atoms with Gasteiger partial charge in [-0.05, 0) is 24.3 Å². The Kier molecular flexibility index (Phi) is 4.32. The first kappa shape index (κ1) is 18.3. The highest BCUT2D eigenvalue weighted by Gasteiger charge is 2.22. The molecule has 4 aromatic heterocycles. The minimum Gasteiger partial charge on any atom is -0.470 e. The highest BCUT2D eigenvalue weighted by Crippen LogP contribution is 2.31. The Hall–Kier alpha value is -3.50. The van der Waals surface area contributed by atoms with E-state index in [1.807, 2.05) is 53.8 Å². The van der Waals surface area contributed by atoms with Crippen molar-refractivity contribution in [2.45, 2.75) is 12.5 Å². The zero-order valence-corrected chi connectivity index (χ0v) is 17.5. The Morgan fingerprint density at radius 1 is 1.26 bits per heavy atom. The molecule has 31 heavy (non-hydrogen) atoms. The Bertz CT molecular complexity index is 1390. The number of rotatable bonds is 5. The van der Waals surface area contributed by atoms with E-state index in [-0.39, 0.29) is 7.53 Å². The molecule has 0 amide bonds. The van der Waals surface area contributed by atoms with Crippen molar-refractivity contribution in [2.24, 2.45) is 7.05 Å². The largest absolute Gasteiger partial charge is 0.470 e. The Labute approximate surface area is 182 Å². The Balaban J connectivity index is 0.00000216. The predicted octanol–water partition coefficient (Wildman–Crippen LogP) is 3.92. The minimum atomic E-state index is -0.0308. The zero-order chi connectivity index (χ0) is 20.8. The van der Waals surface area contributed by atoms with Crippen LogP contribution in [0.3, 0.4) is 0 Å². The standard InChI is InChI=1S/C21H19N7O2S.H2/c1-27-10-14(9-23-27)28-6-4-17-19(28)20(30-15-5-7-29-11-15)26-21(25-17)24-13-2-3-16-18(8-13)31-12-22-16;/h2-4,6,8-10,12,15H,5,7,11H2,1H3,(H,24,25,26);1H/t15-;/m0./s1. The third kappa shape index (κ3) is 3.39. The van der Waals surface area contributed by atoms with Gasteiger partial charge in [-0.1, -0.05) is 0 Å². The Morgan fingerprint density at radius 2 is 2.23 bits per heavy atom. The van der Waals surface area contributed by atoms with Crippen LogP contribution < -0.4 is 10.1 Å². The van der Waals surface area contributed by atoms with Gasteiger partial charge in [0.15, 0.2) is 0 Å². The second-order valence-corrected chi connectivity index (χ2v) is 8.29. The van der Waals surface area contributed by atoms with Gasteiger partial charge in [-0.2, -0.15) is 10.1 Å². The molecular weight excluding hydrogens is 414 g/mol. The van der Waals surface area contributed by atoms with Gasteiger partial charge in [0.1, 0.15) is 11.6 Å². The fraction of sp³-hybridized carbons (Fsp3) is 0.238. The smallest absolute Gasteiger partial charge is 0.244 e. The normalized spacial score (nSPS) is 16.4. The van der Waals surface area contributed by atoms with Crippen molar-refractivity contribution in [1.29, 1.82) is 0 Å². The third-order valence-electron chi connectivity index (χ3n) is 5.22. The monoisotopic (exact) mass is 435 g/mol. The van der Waals surface area contributed by atoms with Crippen LogP contribution in [0.5, 0.6) is 5.88 Å². The molecule has 0 unspecified atom stereocenters. The summed E-state index contributed by atoms with van der Waals surface area (Å²) in [6, 6.07) is 7.97. The van der Waals surface area contributed by atoms with E-state index < -0.39 is 0 Å². The number of nitrogens with one attached hydrogen (secondary N) is 1. The molecule has 1 aromatic carbocycles. The van der Waals surface area contributed by atoms with Crippen LogP contribution in [-0.4, -0.2) is 48.6 Å². The van der Waals surface area contributed by atoms with Crippen molar-refractivity contribution >= 4 is 44.2 Å². The lowest BCUT2D eigenvalue weighted by Crippen LogP contribution is -2.17. The maximum absolute atomic E-state index is 6.28. The first-order chi connectivity index (χ1) is 15.2. The van der Waals surface area contributed by atoms with Gasteiger partial charge in [0.25, 0.3) is 0 Å². The number of hydrogen-bond acceptors (Lipinski definition) is 8. The van der Waals surface area contributed by atoms with Gasteiger partial charge in [-0.3, -0.25) is 4.68 Å². The SMILES string of the molecule is Cn1cc(-n2ccc3nc(Nc4ccc5ncsc5c4)nc(O[C@H]4CCOC4)c32)cn1.[HH]. The van der Waals surface area contributed by atoms with E-state index in [0.29, 0.717) is 25.0 Å². The topological polar surface area (TPSA) is 91.9 Å². The van der Waals surface area contributed by atoms with Crippen molar-refractivity contribution < 1.29 is 10.9 Å². The van der Waals surface area contributed by atoms with Gasteiger partial charge in [0, 0.05) is 33.0 Å². The summed E-state index contributed by atoms with van der Waals surface area (Å²) in [6.45, 7) is 1.26. The highest BCUT2D eigenvalue weighted by molar-refractivity contribution is 7.16. The zero-order valence-electron chi connectivity index (χ0n) is 16.7. The molecule has 0 radical (unpaired) electrons. The molecule has 1 fully saturated rings. The number of aryl methyl sites for hydroxylation is 1. The first-order valence-corrected chi connectivity index (χ1v) is 10.8. The second kappa shape index (κ2) is 7.33. The summed E-state index contributed by atoms with van der Waals surface area (Å²) in [6.07, 6.45) is 6.51. The Morgan fingerprint density at radius 3 is 3.06 bits per heavy atom. The molecule has 0 saturated carbocycles. The maximum Gasteiger partial charge on any atom is 0.244 e. The van der Waals surface area contributed by atoms with Gasteiger partial charge in [0.2, 0.25) is 11.8 Å². The third-order valence-corrected chi connectivity index (χ3v) is 6.02. The lowest BCUT2D eigenvalue weighted by atomic mass is 10.3. The van der Waals surface area contributed by atoms with Crippen molar-refractivity contribution in [2.75, 3.05) is 18.5 Å². The quantitative estimate of drug-likeness (QED) is 0.447. The molecule has 5 aromatic rings. The van der Waals surface area contributed by atoms with Crippen LogP contribution in [-0.2, 0) is 11.8 Å². The number of benzene rings is 1. The van der Waals surface area contributed by atoms with E-state index in [9.17, 15) is 0 Å². The second-order valence-electron chi connectivity index (χ2n) is 7.41. The molecule has 1 aliphatic heterocycles. The molecule has 5 heterocycles. The molecule has 1 N–H and O–H groups in total. The van der Waals surface area contributed by atoms with Crippen LogP contribution in [0.15, 0.2) is 48.4 Å². The number of thiazole rings is 1. The molecule has 1 atom stereocenters. The highest BCUT2D eigenvalue weighted by atomic mass is 32.1. The van der Waals surface area contributed by atoms with Crippen LogP contribution in [0.4, 0.5) is 11.6 Å². The molecule has 158 valence electrons. The van der Waals surface area contributed by atoms with E-state index in [1.165, 1.54) is 0 Å². The van der Waals surface area contributed by atoms with Gasteiger partial charge < -0.3 is 19.4 Å². The summed E-state index contributed by atoms with van der Waals surface area (Å²) in [4.78, 5) is 13.8. The number of ether oxygens (including phenoxy) is 2. The summed E-state index contributed by atoms with van der Waals surface area (Å²) >= 11 is 1.60. The van der Waals surface area contributed by atoms with Crippen LogP contribution in [0.1, 0.15) is 7.85 Å². The van der Waals surface area contributed by atoms with Gasteiger partial charge in [0.05, 0.1) is 46.3 Å². The molecule has 1 aliphatic rings. The van der Waals surface area contributed by atoms with Crippen LogP contribution >= 0.6 is 11.3 Å². The minimum absolute atomic E-state index is 0.